The summed E-state index contributed by atoms with van der Waals surface area (Å²) in [4.78, 5) is 23.0. The minimum atomic E-state index is -0.378. The predicted molar refractivity (Wildman–Crippen MR) is 209 cm³/mol. The van der Waals surface area contributed by atoms with Gasteiger partial charge in [0.2, 0.25) is 12.3 Å². The lowest BCUT2D eigenvalue weighted by Gasteiger charge is -2.26. The van der Waals surface area contributed by atoms with E-state index in [0.29, 0.717) is 12.0 Å². The van der Waals surface area contributed by atoms with Crippen LogP contribution in [0, 0.1) is 19.8 Å². The Labute approximate surface area is 299 Å². The van der Waals surface area contributed by atoms with Crippen molar-refractivity contribution >= 4 is 12.3 Å². The summed E-state index contributed by atoms with van der Waals surface area (Å²) in [5.74, 6) is 0.723. The van der Waals surface area contributed by atoms with Crippen LogP contribution in [0.1, 0.15) is 108 Å². The molecule has 0 spiro atoms. The second kappa shape index (κ2) is 28.6. The molecule has 1 saturated carbocycles. The molecule has 8 heteroatoms. The number of nitrogens with two attached hydrogens (primary N) is 2. The van der Waals surface area contributed by atoms with Crippen LogP contribution in [0.25, 0.3) is 11.1 Å². The summed E-state index contributed by atoms with van der Waals surface area (Å²) in [5, 5.41) is 5.80. The fourth-order valence-electron chi connectivity index (χ4n) is 5.73. The summed E-state index contributed by atoms with van der Waals surface area (Å²) in [7, 11) is 5.56. The van der Waals surface area contributed by atoms with Gasteiger partial charge >= 0.3 is 0 Å². The van der Waals surface area contributed by atoms with Gasteiger partial charge in [-0.2, -0.15) is 0 Å². The molecule has 49 heavy (non-hydrogen) atoms. The van der Waals surface area contributed by atoms with E-state index in [9.17, 15) is 4.79 Å². The number of amides is 2. The van der Waals surface area contributed by atoms with Crippen molar-refractivity contribution in [3.8, 4) is 11.1 Å². The van der Waals surface area contributed by atoms with Crippen molar-refractivity contribution in [2.75, 3.05) is 47.4 Å². The molecular weight excluding hydrogens is 610 g/mol. The molecule has 1 saturated heterocycles. The van der Waals surface area contributed by atoms with E-state index < -0.39 is 0 Å². The molecule has 2 amide bonds. The third-order valence-electron chi connectivity index (χ3n) is 8.99. The minimum absolute atomic E-state index is 0.250. The van der Waals surface area contributed by atoms with Crippen molar-refractivity contribution in [3.05, 3.63) is 69.9 Å². The number of ether oxygens (including phenoxy) is 1. The van der Waals surface area contributed by atoms with Gasteiger partial charge in [-0.25, -0.2) is 0 Å². The first-order valence-electron chi connectivity index (χ1n) is 18.5. The topological polar surface area (TPSA) is 123 Å². The van der Waals surface area contributed by atoms with E-state index in [1.165, 1.54) is 80.0 Å². The number of carbonyl (C=O) groups excluding carboxylic acids is 2. The molecule has 2 fully saturated rings. The van der Waals surface area contributed by atoms with Crippen LogP contribution in [0.4, 0.5) is 0 Å². The largest absolute Gasteiger partial charge is 0.391 e. The number of unbranched alkanes of at least 4 members (excludes halogenated alkanes) is 1. The second-order valence-corrected chi connectivity index (χ2v) is 13.0. The van der Waals surface area contributed by atoms with Crippen LogP contribution >= 0.6 is 0 Å². The number of hydrogen-bond donors (Lipinski definition) is 4. The molecule has 0 atom stereocenters. The first-order chi connectivity index (χ1) is 23.6. The average Bonchev–Trinajstić information content (AvgIpc) is 3.11. The average molecular weight is 682 g/mol. The summed E-state index contributed by atoms with van der Waals surface area (Å²) < 4.78 is 5.43. The van der Waals surface area contributed by atoms with Crippen molar-refractivity contribution in [1.29, 1.82) is 0 Å². The van der Waals surface area contributed by atoms with Gasteiger partial charge in [-0.05, 0) is 74.2 Å². The number of morpholine rings is 1. The molecule has 6 N–H and O–H groups in total. The fourth-order valence-corrected chi connectivity index (χ4v) is 5.73. The van der Waals surface area contributed by atoms with E-state index in [2.05, 4.69) is 92.3 Å². The van der Waals surface area contributed by atoms with Gasteiger partial charge in [0.1, 0.15) is 0 Å². The Morgan fingerprint density at radius 3 is 1.94 bits per heavy atom. The summed E-state index contributed by atoms with van der Waals surface area (Å²) in [6.07, 6.45) is 13.8. The zero-order valence-electron chi connectivity index (χ0n) is 32.6. The van der Waals surface area contributed by atoms with Gasteiger partial charge < -0.3 is 26.8 Å². The number of carbonyl (C=O) groups is 2. The van der Waals surface area contributed by atoms with Crippen molar-refractivity contribution in [2.24, 2.45) is 17.4 Å². The molecule has 2 aromatic rings. The van der Waals surface area contributed by atoms with Crippen molar-refractivity contribution < 1.29 is 14.3 Å². The smallest absolute Gasteiger partial charge is 0.246 e. The molecule has 1 heterocycles. The Bertz CT molecular complexity index is 1180. The SMILES string of the molecule is CCCC.CCCC1CCCCC1.CN/C(C)=C(/Cc1cc(-c2ccc(CN3CCOCC3)cc2)cc(C)c1C)C(N)=O.CNC.NC=O. The first-order valence-corrected chi connectivity index (χ1v) is 18.5. The van der Waals surface area contributed by atoms with Gasteiger partial charge in [-0.3, -0.25) is 14.5 Å². The van der Waals surface area contributed by atoms with Crippen molar-refractivity contribution in [3.63, 3.8) is 0 Å². The van der Waals surface area contributed by atoms with Crippen molar-refractivity contribution in [2.45, 2.75) is 112 Å². The third-order valence-corrected chi connectivity index (χ3v) is 8.99. The Morgan fingerprint density at radius 2 is 1.47 bits per heavy atom. The second-order valence-electron chi connectivity index (χ2n) is 13.0. The monoisotopic (exact) mass is 682 g/mol. The number of benzene rings is 2. The first kappa shape index (κ1) is 45.8. The van der Waals surface area contributed by atoms with Crippen LogP contribution in [0.3, 0.4) is 0 Å². The number of nitrogens with one attached hydrogen (secondary N) is 2. The van der Waals surface area contributed by atoms with Gasteiger partial charge in [0, 0.05) is 44.4 Å². The number of nitrogens with zero attached hydrogens (tertiary/aromatic N) is 1. The molecule has 1 aliphatic heterocycles. The van der Waals surface area contributed by atoms with E-state index in [-0.39, 0.29) is 12.3 Å². The Balaban J connectivity index is 0.000000990. The zero-order chi connectivity index (χ0) is 37.0. The highest BCUT2D eigenvalue weighted by molar-refractivity contribution is 5.93. The fraction of sp³-hybridized carbons (Fsp3) is 0.610. The van der Waals surface area contributed by atoms with Crippen LogP contribution in [-0.4, -0.2) is 64.7 Å². The number of hydrogen-bond acceptors (Lipinski definition) is 6. The molecular formula is C41H71N5O3. The van der Waals surface area contributed by atoms with Crippen LogP contribution in [0.5, 0.6) is 0 Å². The highest BCUT2D eigenvalue weighted by Crippen LogP contribution is 2.28. The molecule has 0 aromatic heterocycles. The number of rotatable bonds is 10. The summed E-state index contributed by atoms with van der Waals surface area (Å²) >= 11 is 0. The van der Waals surface area contributed by atoms with E-state index in [4.69, 9.17) is 15.3 Å². The van der Waals surface area contributed by atoms with Crippen LogP contribution in [-0.2, 0) is 27.3 Å². The van der Waals surface area contributed by atoms with Crippen LogP contribution in [0.2, 0.25) is 0 Å². The highest BCUT2D eigenvalue weighted by atomic mass is 16.5. The lowest BCUT2D eigenvalue weighted by molar-refractivity contribution is -0.114. The Kier molecular flexibility index (Phi) is 26.8. The number of primary amides is 2. The van der Waals surface area contributed by atoms with E-state index in [0.717, 1.165) is 55.6 Å². The van der Waals surface area contributed by atoms with Gasteiger partial charge in [0.15, 0.2) is 0 Å². The standard InChI is InChI=1S/C25H33N3O2.C9H18.C4H10.C2H7N.CH3NO/c1-17-13-23(14-22(18(17)2)15-24(25(26)29)19(3)27-4)21-7-5-20(6-8-21)16-28-9-11-30-12-10-28;1-2-6-9-7-4-3-5-8-9;1-3-4-2;1-3-2;2-1-3/h5-8,13-14,27H,9-12,15-16H2,1-4H3,(H2,26,29);9H,2-8H2,1H3;3-4H2,1-2H3;3H,1-2H3;1H,(H2,2,3)/b24-19-;;;;. The van der Waals surface area contributed by atoms with E-state index in [1.807, 2.05) is 28.1 Å². The van der Waals surface area contributed by atoms with Gasteiger partial charge in [-0.15, -0.1) is 0 Å². The zero-order valence-corrected chi connectivity index (χ0v) is 32.6. The van der Waals surface area contributed by atoms with E-state index in [1.54, 1.807) is 0 Å². The maximum absolute atomic E-state index is 12.0. The van der Waals surface area contributed by atoms with Gasteiger partial charge in [0.05, 0.1) is 13.2 Å². The molecule has 0 radical (unpaired) electrons. The number of aryl methyl sites for hydroxylation is 1. The minimum Gasteiger partial charge on any atom is -0.391 e. The Morgan fingerprint density at radius 1 is 0.918 bits per heavy atom. The lowest BCUT2D eigenvalue weighted by atomic mass is 9.86. The molecule has 0 bridgehead atoms. The molecule has 278 valence electrons. The summed E-state index contributed by atoms with van der Waals surface area (Å²) in [6.45, 7) is 17.3. The summed E-state index contributed by atoms with van der Waals surface area (Å²) in [5.41, 5.74) is 18.5. The maximum atomic E-state index is 12.0. The highest BCUT2D eigenvalue weighted by Gasteiger charge is 2.15. The number of allylic oxidation sites excluding steroid dienone is 1. The summed E-state index contributed by atoms with van der Waals surface area (Å²) in [6, 6.07) is 13.2. The molecule has 8 nitrogen and oxygen atoms in total. The third kappa shape index (κ3) is 19.5. The normalized spacial score (nSPS) is 14.9. The molecule has 4 rings (SSSR count). The van der Waals surface area contributed by atoms with Crippen LogP contribution < -0.4 is 22.1 Å². The molecule has 2 aromatic carbocycles. The lowest BCUT2D eigenvalue weighted by Crippen LogP contribution is -2.35. The van der Waals surface area contributed by atoms with Gasteiger partial charge in [0.25, 0.3) is 0 Å². The van der Waals surface area contributed by atoms with Gasteiger partial charge in [-0.1, -0.05) is 115 Å². The Hall–Kier alpha value is -3.20. The quantitative estimate of drug-likeness (QED) is 0.153. The van der Waals surface area contributed by atoms with Crippen molar-refractivity contribution in [1.82, 2.24) is 15.5 Å². The predicted octanol–water partition coefficient (Wildman–Crippen LogP) is 7.43. The molecule has 2 aliphatic rings. The van der Waals surface area contributed by atoms with E-state index >= 15 is 0 Å². The maximum Gasteiger partial charge on any atom is 0.246 e. The van der Waals surface area contributed by atoms with Crippen LogP contribution in [0.15, 0.2) is 47.7 Å². The molecule has 1 aliphatic carbocycles. The molecule has 0 unspecified atom stereocenters.